The predicted molar refractivity (Wildman–Crippen MR) is 99.9 cm³/mol. The largest absolute Gasteiger partial charge is 0.493 e. The average molecular weight is 370 g/mol. The summed E-state index contributed by atoms with van der Waals surface area (Å²) in [5.41, 5.74) is 1.11. The number of hydrogen-bond donors (Lipinski definition) is 1. The van der Waals surface area contributed by atoms with Gasteiger partial charge in [-0.1, -0.05) is 18.2 Å². The number of amides is 1. The monoisotopic (exact) mass is 370 g/mol. The third kappa shape index (κ3) is 5.19. The number of nitrogens with zero attached hydrogens (tertiary/aromatic N) is 1. The lowest BCUT2D eigenvalue weighted by Gasteiger charge is -2.11. The highest BCUT2D eigenvalue weighted by Crippen LogP contribution is 2.22. The zero-order chi connectivity index (χ0) is 18.9. The fourth-order valence-electron chi connectivity index (χ4n) is 2.04. The molecule has 1 amide bonds. The molecule has 0 aliphatic heterocycles. The van der Waals surface area contributed by atoms with Gasteiger partial charge in [-0.15, -0.1) is 11.3 Å². The van der Waals surface area contributed by atoms with E-state index < -0.39 is 18.0 Å². The van der Waals surface area contributed by atoms with Crippen molar-refractivity contribution in [2.45, 2.75) is 20.0 Å². The van der Waals surface area contributed by atoms with Crippen LogP contribution in [0.2, 0.25) is 0 Å². The molecule has 1 atom stereocenters. The van der Waals surface area contributed by atoms with Gasteiger partial charge in [0.1, 0.15) is 16.8 Å². The second kappa shape index (κ2) is 9.39. The van der Waals surface area contributed by atoms with Gasteiger partial charge in [-0.2, -0.15) is 5.26 Å². The van der Waals surface area contributed by atoms with Crippen molar-refractivity contribution in [2.75, 3.05) is 11.9 Å². The number of benzene rings is 1. The molecule has 1 N–H and O–H groups in total. The maximum atomic E-state index is 12.1. The quantitative estimate of drug-likeness (QED) is 0.594. The maximum Gasteiger partial charge on any atom is 0.331 e. The number of nitriles is 1. The van der Waals surface area contributed by atoms with Crippen molar-refractivity contribution >= 4 is 34.3 Å². The van der Waals surface area contributed by atoms with Crippen LogP contribution >= 0.6 is 11.3 Å². The molecule has 0 saturated carbocycles. The topological polar surface area (TPSA) is 88.4 Å². The molecule has 1 heterocycles. The summed E-state index contributed by atoms with van der Waals surface area (Å²) in [4.78, 5) is 24.0. The summed E-state index contributed by atoms with van der Waals surface area (Å²) >= 11 is 1.23. The number of thiophene rings is 1. The fraction of sp³-hybridized carbons (Fsp3) is 0.211. The number of para-hydroxylation sites is 1. The second-order valence-electron chi connectivity index (χ2n) is 5.15. The van der Waals surface area contributed by atoms with Crippen LogP contribution in [0.4, 0.5) is 5.00 Å². The minimum atomic E-state index is -0.997. The highest BCUT2D eigenvalue weighted by molar-refractivity contribution is 7.14. The molecule has 0 saturated heterocycles. The Morgan fingerprint density at radius 2 is 2.12 bits per heavy atom. The molecule has 26 heavy (non-hydrogen) atoms. The average Bonchev–Trinajstić information content (AvgIpc) is 3.08. The van der Waals surface area contributed by atoms with Crippen molar-refractivity contribution in [1.29, 1.82) is 5.26 Å². The lowest BCUT2D eigenvalue weighted by molar-refractivity contribution is -0.148. The number of carbonyl (C=O) groups is 2. The van der Waals surface area contributed by atoms with Crippen LogP contribution in [0.25, 0.3) is 6.08 Å². The Morgan fingerprint density at radius 3 is 2.85 bits per heavy atom. The van der Waals surface area contributed by atoms with Gasteiger partial charge in [0.05, 0.1) is 12.2 Å². The molecule has 7 heteroatoms. The van der Waals surface area contributed by atoms with Gasteiger partial charge in [-0.3, -0.25) is 4.79 Å². The Kier molecular flexibility index (Phi) is 6.94. The standard InChI is InChI=1S/C19H18N2O4S/c1-3-24-16-7-5-4-6-14(16)8-9-17(22)25-13(2)18(23)21-19-15(12-20)10-11-26-19/h4-11,13H,3H2,1-2H3,(H,21,23)/b9-8+/t13-/m1/s1. The van der Waals surface area contributed by atoms with Crippen LogP contribution < -0.4 is 10.1 Å². The van der Waals surface area contributed by atoms with Crippen molar-refractivity contribution in [1.82, 2.24) is 0 Å². The van der Waals surface area contributed by atoms with Crippen LogP contribution in [0.3, 0.4) is 0 Å². The Bertz CT molecular complexity index is 851. The number of hydrogen-bond acceptors (Lipinski definition) is 6. The molecule has 134 valence electrons. The summed E-state index contributed by atoms with van der Waals surface area (Å²) in [6, 6.07) is 10.9. The molecule has 1 aromatic heterocycles. The Balaban J connectivity index is 1.94. The number of esters is 1. The SMILES string of the molecule is CCOc1ccccc1/C=C/C(=O)O[C@H](C)C(=O)Nc1sccc1C#N. The molecule has 0 bridgehead atoms. The first kappa shape index (κ1) is 19.2. The number of ether oxygens (including phenoxy) is 2. The van der Waals surface area contributed by atoms with E-state index in [9.17, 15) is 9.59 Å². The lowest BCUT2D eigenvalue weighted by Crippen LogP contribution is -2.29. The Morgan fingerprint density at radius 1 is 1.35 bits per heavy atom. The van der Waals surface area contributed by atoms with E-state index in [1.165, 1.54) is 24.3 Å². The van der Waals surface area contributed by atoms with Crippen molar-refractivity contribution < 1.29 is 19.1 Å². The highest BCUT2D eigenvalue weighted by Gasteiger charge is 2.18. The van der Waals surface area contributed by atoms with E-state index in [1.807, 2.05) is 31.2 Å². The highest BCUT2D eigenvalue weighted by atomic mass is 32.1. The summed E-state index contributed by atoms with van der Waals surface area (Å²) in [7, 11) is 0. The number of carbonyl (C=O) groups excluding carboxylic acids is 2. The van der Waals surface area contributed by atoms with E-state index in [1.54, 1.807) is 23.6 Å². The van der Waals surface area contributed by atoms with Gasteiger partial charge in [0.2, 0.25) is 0 Å². The van der Waals surface area contributed by atoms with Crippen LogP contribution in [-0.4, -0.2) is 24.6 Å². The molecule has 2 rings (SSSR count). The third-order valence-electron chi connectivity index (χ3n) is 3.30. The van der Waals surface area contributed by atoms with E-state index in [0.717, 1.165) is 5.56 Å². The summed E-state index contributed by atoms with van der Waals surface area (Å²) in [6.07, 6.45) is 1.82. The zero-order valence-electron chi connectivity index (χ0n) is 14.4. The minimum absolute atomic E-state index is 0.370. The van der Waals surface area contributed by atoms with Crippen LogP contribution in [0, 0.1) is 11.3 Å². The summed E-state index contributed by atoms with van der Waals surface area (Å²) < 4.78 is 10.6. The zero-order valence-corrected chi connectivity index (χ0v) is 15.2. The van der Waals surface area contributed by atoms with Crippen LogP contribution in [0.5, 0.6) is 5.75 Å². The number of anilines is 1. The van der Waals surface area contributed by atoms with E-state index >= 15 is 0 Å². The molecule has 0 radical (unpaired) electrons. The molecule has 0 spiro atoms. The summed E-state index contributed by atoms with van der Waals surface area (Å²) in [5.74, 6) is -0.488. The minimum Gasteiger partial charge on any atom is -0.493 e. The van der Waals surface area contributed by atoms with Gasteiger partial charge in [-0.05, 0) is 37.4 Å². The van der Waals surface area contributed by atoms with Gasteiger partial charge in [0.15, 0.2) is 6.10 Å². The second-order valence-corrected chi connectivity index (χ2v) is 6.06. The fourth-order valence-corrected chi connectivity index (χ4v) is 2.78. The maximum absolute atomic E-state index is 12.1. The molecular formula is C19H18N2O4S. The van der Waals surface area contributed by atoms with Crippen LogP contribution in [0.1, 0.15) is 25.0 Å². The summed E-state index contributed by atoms with van der Waals surface area (Å²) in [5, 5.41) is 13.7. The molecule has 6 nitrogen and oxygen atoms in total. The van der Waals surface area contributed by atoms with E-state index in [-0.39, 0.29) is 0 Å². The van der Waals surface area contributed by atoms with Crippen molar-refractivity contribution in [3.05, 3.63) is 52.9 Å². The van der Waals surface area contributed by atoms with Crippen molar-refractivity contribution in [3.63, 3.8) is 0 Å². The van der Waals surface area contributed by atoms with E-state index in [4.69, 9.17) is 14.7 Å². The van der Waals surface area contributed by atoms with Gasteiger partial charge >= 0.3 is 5.97 Å². The summed E-state index contributed by atoms with van der Waals surface area (Å²) in [6.45, 7) is 3.86. The predicted octanol–water partition coefficient (Wildman–Crippen LogP) is 3.60. The van der Waals surface area contributed by atoms with Crippen molar-refractivity contribution in [3.8, 4) is 11.8 Å². The normalized spacial score (nSPS) is 11.6. The first-order valence-corrected chi connectivity index (χ1v) is 8.82. The van der Waals surface area contributed by atoms with E-state index in [0.29, 0.717) is 22.9 Å². The Hall–Kier alpha value is -3.11. The molecule has 0 unspecified atom stereocenters. The van der Waals surface area contributed by atoms with Crippen LogP contribution in [-0.2, 0) is 14.3 Å². The van der Waals surface area contributed by atoms with Crippen LogP contribution in [0.15, 0.2) is 41.8 Å². The van der Waals surface area contributed by atoms with Gasteiger partial charge in [-0.25, -0.2) is 4.79 Å². The lowest BCUT2D eigenvalue weighted by atomic mass is 10.2. The van der Waals surface area contributed by atoms with Gasteiger partial charge < -0.3 is 14.8 Å². The van der Waals surface area contributed by atoms with E-state index in [2.05, 4.69) is 5.32 Å². The van der Waals surface area contributed by atoms with Gasteiger partial charge in [0.25, 0.3) is 5.91 Å². The first-order valence-electron chi connectivity index (χ1n) is 7.94. The molecule has 0 aliphatic carbocycles. The molecule has 1 aromatic carbocycles. The van der Waals surface area contributed by atoms with Crippen molar-refractivity contribution in [2.24, 2.45) is 0 Å². The number of rotatable bonds is 7. The first-order chi connectivity index (χ1) is 12.5. The molecule has 2 aromatic rings. The van der Waals surface area contributed by atoms with Gasteiger partial charge in [0, 0.05) is 11.6 Å². The Labute approximate surface area is 155 Å². The molecular weight excluding hydrogens is 352 g/mol. The smallest absolute Gasteiger partial charge is 0.331 e. The number of nitrogens with one attached hydrogen (secondary N) is 1. The molecule has 0 fully saturated rings. The molecule has 0 aliphatic rings. The third-order valence-corrected chi connectivity index (χ3v) is 4.13.